The van der Waals surface area contributed by atoms with Gasteiger partial charge in [0.25, 0.3) is 5.91 Å². The van der Waals surface area contributed by atoms with Gasteiger partial charge in [-0.2, -0.15) is 5.26 Å². The Balaban J connectivity index is 1.91. The molecule has 5 nitrogen and oxygen atoms in total. The number of aryl methyl sites for hydroxylation is 1. The molecule has 0 aliphatic heterocycles. The molecule has 0 spiro atoms. The van der Waals surface area contributed by atoms with Crippen LogP contribution in [0.1, 0.15) is 16.2 Å². The first-order valence-electron chi connectivity index (χ1n) is 7.08. The van der Waals surface area contributed by atoms with Crippen LogP contribution in [0.25, 0.3) is 16.6 Å². The van der Waals surface area contributed by atoms with Crippen LogP contribution in [0, 0.1) is 11.3 Å². The fourth-order valence-electron chi connectivity index (χ4n) is 2.34. The van der Waals surface area contributed by atoms with E-state index in [9.17, 15) is 10.1 Å². The Bertz CT molecular complexity index is 933. The van der Waals surface area contributed by atoms with Crippen molar-refractivity contribution in [2.45, 2.75) is 0 Å². The van der Waals surface area contributed by atoms with E-state index in [1.807, 2.05) is 41.9 Å². The monoisotopic (exact) mass is 302 g/mol. The standard InChI is InChI=1S/C18H14N4O/c1-22-16-10-6-5-9-15(16)21-17(22)14(11-19)12-20-18(23)13-7-3-2-4-8-13/h2-10,12H,1H3,(H,20,23)/b14-12-. The number of nitrogens with one attached hydrogen (secondary N) is 1. The number of nitrogens with zero attached hydrogens (tertiary/aromatic N) is 3. The van der Waals surface area contributed by atoms with Crippen molar-refractivity contribution >= 4 is 22.5 Å². The first kappa shape index (κ1) is 14.5. The lowest BCUT2D eigenvalue weighted by molar-refractivity contribution is 0.0970. The topological polar surface area (TPSA) is 70.7 Å². The van der Waals surface area contributed by atoms with Gasteiger partial charge in [-0.3, -0.25) is 4.79 Å². The molecule has 0 atom stereocenters. The molecular weight excluding hydrogens is 288 g/mol. The number of carbonyl (C=O) groups is 1. The Labute approximate surface area is 133 Å². The molecule has 3 aromatic rings. The lowest BCUT2D eigenvalue weighted by Gasteiger charge is -2.03. The number of amides is 1. The third-order valence-corrected chi connectivity index (χ3v) is 3.53. The van der Waals surface area contributed by atoms with Crippen LogP contribution in [0.2, 0.25) is 0 Å². The fourth-order valence-corrected chi connectivity index (χ4v) is 2.34. The van der Waals surface area contributed by atoms with Crippen LogP contribution in [0.15, 0.2) is 60.8 Å². The van der Waals surface area contributed by atoms with Gasteiger partial charge in [-0.15, -0.1) is 0 Å². The minimum absolute atomic E-state index is 0.267. The first-order valence-corrected chi connectivity index (χ1v) is 7.08. The molecule has 2 aromatic carbocycles. The van der Waals surface area contributed by atoms with E-state index in [0.29, 0.717) is 17.0 Å². The van der Waals surface area contributed by atoms with Gasteiger partial charge in [0.1, 0.15) is 11.6 Å². The van der Waals surface area contributed by atoms with Crippen molar-refractivity contribution in [3.8, 4) is 6.07 Å². The van der Waals surface area contributed by atoms with Crippen LogP contribution in [0.5, 0.6) is 0 Å². The number of para-hydroxylation sites is 2. The summed E-state index contributed by atoms with van der Waals surface area (Å²) in [5.74, 6) is 0.249. The van der Waals surface area contributed by atoms with Crippen LogP contribution < -0.4 is 5.32 Å². The fraction of sp³-hybridized carbons (Fsp3) is 0.0556. The number of allylic oxidation sites excluding steroid dienone is 1. The third-order valence-electron chi connectivity index (χ3n) is 3.53. The highest BCUT2D eigenvalue weighted by Crippen LogP contribution is 2.19. The van der Waals surface area contributed by atoms with Gasteiger partial charge in [0, 0.05) is 18.8 Å². The number of fused-ring (bicyclic) bond motifs is 1. The molecule has 0 unspecified atom stereocenters. The lowest BCUT2D eigenvalue weighted by atomic mass is 10.2. The maximum atomic E-state index is 12.1. The SMILES string of the molecule is Cn1c(/C(C#N)=C\NC(=O)c2ccccc2)nc2ccccc21. The third kappa shape index (κ3) is 2.83. The Hall–Kier alpha value is -3.39. The van der Waals surface area contributed by atoms with Crippen LogP contribution in [0.4, 0.5) is 0 Å². The van der Waals surface area contributed by atoms with E-state index < -0.39 is 0 Å². The van der Waals surface area contributed by atoms with Crippen molar-refractivity contribution in [3.05, 3.63) is 72.2 Å². The van der Waals surface area contributed by atoms with Crippen LogP contribution in [0.3, 0.4) is 0 Å². The van der Waals surface area contributed by atoms with Crippen LogP contribution >= 0.6 is 0 Å². The van der Waals surface area contributed by atoms with Crippen molar-refractivity contribution in [2.24, 2.45) is 7.05 Å². The summed E-state index contributed by atoms with van der Waals surface area (Å²) in [6, 6.07) is 18.6. The van der Waals surface area contributed by atoms with E-state index >= 15 is 0 Å². The van der Waals surface area contributed by atoms with E-state index in [1.165, 1.54) is 6.20 Å². The average Bonchev–Trinajstić information content (AvgIpc) is 2.93. The molecule has 1 amide bonds. The van der Waals surface area contributed by atoms with Crippen molar-refractivity contribution in [2.75, 3.05) is 0 Å². The quantitative estimate of drug-likeness (QED) is 0.756. The second kappa shape index (κ2) is 6.16. The van der Waals surface area contributed by atoms with Gasteiger partial charge in [-0.1, -0.05) is 30.3 Å². The van der Waals surface area contributed by atoms with Crippen LogP contribution in [-0.2, 0) is 7.05 Å². The summed E-state index contributed by atoms with van der Waals surface area (Å²) >= 11 is 0. The molecule has 3 rings (SSSR count). The number of benzene rings is 2. The Morgan fingerprint density at radius 2 is 1.87 bits per heavy atom. The van der Waals surface area contributed by atoms with E-state index in [0.717, 1.165) is 11.0 Å². The Morgan fingerprint density at radius 3 is 2.57 bits per heavy atom. The zero-order valence-electron chi connectivity index (χ0n) is 12.5. The van der Waals surface area contributed by atoms with E-state index in [4.69, 9.17) is 0 Å². The summed E-state index contributed by atoms with van der Waals surface area (Å²) in [6.45, 7) is 0. The van der Waals surface area contributed by atoms with Gasteiger partial charge in [0.15, 0.2) is 5.82 Å². The molecule has 112 valence electrons. The van der Waals surface area contributed by atoms with Gasteiger partial charge in [-0.05, 0) is 24.3 Å². The Kier molecular flexibility index (Phi) is 3.89. The zero-order chi connectivity index (χ0) is 16.2. The number of imidazole rings is 1. The molecule has 0 aliphatic rings. The Morgan fingerprint density at radius 1 is 1.17 bits per heavy atom. The summed E-state index contributed by atoms with van der Waals surface area (Å²) in [6.07, 6.45) is 1.40. The minimum atomic E-state index is -0.267. The molecule has 1 aromatic heterocycles. The second-order valence-electron chi connectivity index (χ2n) is 4.99. The van der Waals surface area contributed by atoms with E-state index in [-0.39, 0.29) is 5.91 Å². The molecule has 0 fully saturated rings. The molecule has 5 heteroatoms. The van der Waals surface area contributed by atoms with Crippen molar-refractivity contribution in [1.29, 1.82) is 5.26 Å². The molecule has 0 radical (unpaired) electrons. The van der Waals surface area contributed by atoms with Gasteiger partial charge < -0.3 is 9.88 Å². The summed E-state index contributed by atoms with van der Waals surface area (Å²) in [4.78, 5) is 16.5. The van der Waals surface area contributed by atoms with Crippen molar-refractivity contribution in [1.82, 2.24) is 14.9 Å². The zero-order valence-corrected chi connectivity index (χ0v) is 12.5. The van der Waals surface area contributed by atoms with Crippen LogP contribution in [-0.4, -0.2) is 15.5 Å². The van der Waals surface area contributed by atoms with Gasteiger partial charge in [0.2, 0.25) is 0 Å². The summed E-state index contributed by atoms with van der Waals surface area (Å²) < 4.78 is 1.83. The number of hydrogen-bond donors (Lipinski definition) is 1. The summed E-state index contributed by atoms with van der Waals surface area (Å²) in [7, 11) is 1.84. The maximum Gasteiger partial charge on any atom is 0.255 e. The molecule has 0 bridgehead atoms. The largest absolute Gasteiger partial charge is 0.327 e. The number of aromatic nitrogens is 2. The van der Waals surface area contributed by atoms with Gasteiger partial charge >= 0.3 is 0 Å². The summed E-state index contributed by atoms with van der Waals surface area (Å²) in [5, 5.41) is 12.0. The summed E-state index contributed by atoms with van der Waals surface area (Å²) in [5.41, 5.74) is 2.57. The van der Waals surface area contributed by atoms with Crippen molar-refractivity contribution < 1.29 is 4.79 Å². The van der Waals surface area contributed by atoms with E-state index in [1.54, 1.807) is 24.3 Å². The number of carbonyl (C=O) groups excluding carboxylic acids is 1. The number of rotatable bonds is 3. The number of hydrogen-bond acceptors (Lipinski definition) is 3. The van der Waals surface area contributed by atoms with Crippen molar-refractivity contribution in [3.63, 3.8) is 0 Å². The highest BCUT2D eigenvalue weighted by Gasteiger charge is 2.12. The van der Waals surface area contributed by atoms with E-state index in [2.05, 4.69) is 16.4 Å². The second-order valence-corrected chi connectivity index (χ2v) is 4.99. The minimum Gasteiger partial charge on any atom is -0.327 e. The van der Waals surface area contributed by atoms with Gasteiger partial charge in [-0.25, -0.2) is 4.98 Å². The predicted octanol–water partition coefficient (Wildman–Crippen LogP) is 2.87. The molecular formula is C18H14N4O. The first-order chi connectivity index (χ1) is 11.2. The molecule has 23 heavy (non-hydrogen) atoms. The van der Waals surface area contributed by atoms with Gasteiger partial charge in [0.05, 0.1) is 11.0 Å². The smallest absolute Gasteiger partial charge is 0.255 e. The molecule has 1 heterocycles. The highest BCUT2D eigenvalue weighted by atomic mass is 16.1. The molecule has 1 N–H and O–H groups in total. The number of nitriles is 1. The highest BCUT2D eigenvalue weighted by molar-refractivity contribution is 5.96. The normalized spacial score (nSPS) is 11.2. The molecule has 0 saturated heterocycles. The molecule has 0 aliphatic carbocycles. The molecule has 0 saturated carbocycles. The lowest BCUT2D eigenvalue weighted by Crippen LogP contribution is -2.17. The average molecular weight is 302 g/mol. The maximum absolute atomic E-state index is 12.1. The predicted molar refractivity (Wildman–Crippen MR) is 88.2 cm³/mol.